The molecule has 0 aromatic heterocycles. The highest BCUT2D eigenvalue weighted by atomic mass is 16.2. The zero-order valence-corrected chi connectivity index (χ0v) is 24.1. The Bertz CT molecular complexity index is 1250. The Kier molecular flexibility index (Phi) is 10.6. The Morgan fingerprint density at radius 2 is 1.39 bits per heavy atom. The van der Waals surface area contributed by atoms with Gasteiger partial charge in [0.15, 0.2) is 5.78 Å². The third kappa shape index (κ3) is 9.00. The lowest BCUT2D eigenvalue weighted by Gasteiger charge is -2.31. The van der Waals surface area contributed by atoms with Crippen molar-refractivity contribution in [2.24, 2.45) is 11.8 Å². The number of rotatable bonds is 8. The normalized spacial score (nSPS) is 17.9. The van der Waals surface area contributed by atoms with Crippen LogP contribution < -0.4 is 16.0 Å². The summed E-state index contributed by atoms with van der Waals surface area (Å²) in [5, 5.41) is 8.90. The van der Waals surface area contributed by atoms with Gasteiger partial charge in [-0.2, -0.15) is 0 Å². The number of hydrogen-bond donors (Lipinski definition) is 3. The topological polar surface area (TPSA) is 73.5 Å². The van der Waals surface area contributed by atoms with Gasteiger partial charge in [0.2, 0.25) is 0 Å². The lowest BCUT2D eigenvalue weighted by atomic mass is 9.90. The first-order chi connectivity index (χ1) is 20.1. The second-order valence-corrected chi connectivity index (χ2v) is 11.7. The first-order valence-corrected chi connectivity index (χ1v) is 15.3. The second kappa shape index (κ2) is 14.9. The molecule has 3 aliphatic heterocycles. The molecule has 0 spiro atoms. The molecule has 2 fully saturated rings. The largest absolute Gasteiger partial charge is 0.334 e. The van der Waals surface area contributed by atoms with Crippen LogP contribution in [0, 0.1) is 11.8 Å². The summed E-state index contributed by atoms with van der Waals surface area (Å²) in [7, 11) is 0. The van der Waals surface area contributed by atoms with Crippen LogP contribution in [0.5, 0.6) is 0 Å². The number of piperidine rings is 2. The van der Waals surface area contributed by atoms with Crippen molar-refractivity contribution in [2.45, 2.75) is 51.5 Å². The van der Waals surface area contributed by atoms with Gasteiger partial charge in [-0.05, 0) is 111 Å². The van der Waals surface area contributed by atoms with Gasteiger partial charge < -0.3 is 20.9 Å². The minimum Gasteiger partial charge on any atom is -0.334 e. The molecule has 0 bridgehead atoms. The molecule has 0 atom stereocenters. The third-order valence-corrected chi connectivity index (χ3v) is 8.67. The Morgan fingerprint density at radius 3 is 2.02 bits per heavy atom. The smallest absolute Gasteiger partial charge is 0.319 e. The van der Waals surface area contributed by atoms with Crippen molar-refractivity contribution in [3.8, 4) is 0 Å². The van der Waals surface area contributed by atoms with E-state index < -0.39 is 0 Å². The van der Waals surface area contributed by atoms with Crippen molar-refractivity contribution < 1.29 is 9.59 Å². The van der Waals surface area contributed by atoms with Gasteiger partial charge >= 0.3 is 6.03 Å². The van der Waals surface area contributed by atoms with E-state index in [4.69, 9.17) is 0 Å². The second-order valence-electron chi connectivity index (χ2n) is 11.7. The van der Waals surface area contributed by atoms with Crippen LogP contribution in [-0.2, 0) is 19.4 Å². The van der Waals surface area contributed by atoms with Crippen molar-refractivity contribution in [1.29, 1.82) is 0 Å². The van der Waals surface area contributed by atoms with E-state index >= 15 is 0 Å². The number of carbonyl (C=O) groups excluding carboxylic acids is 2. The van der Waals surface area contributed by atoms with Gasteiger partial charge in [-0.3, -0.25) is 4.79 Å². The molecule has 3 aromatic carbocycles. The van der Waals surface area contributed by atoms with E-state index in [-0.39, 0.29) is 11.8 Å². The number of urea groups is 1. The molecular formula is C35H44N4O2. The van der Waals surface area contributed by atoms with Gasteiger partial charge in [-0.15, -0.1) is 0 Å². The average Bonchev–Trinajstić information content (AvgIpc) is 3.02. The zero-order chi connectivity index (χ0) is 28.3. The Hall–Kier alpha value is -3.48. The van der Waals surface area contributed by atoms with Gasteiger partial charge in [-0.25, -0.2) is 4.79 Å². The highest BCUT2D eigenvalue weighted by Gasteiger charge is 2.21. The predicted octanol–water partition coefficient (Wildman–Crippen LogP) is 6.08. The van der Waals surface area contributed by atoms with Gasteiger partial charge in [-0.1, -0.05) is 60.7 Å². The monoisotopic (exact) mass is 552 g/mol. The van der Waals surface area contributed by atoms with Gasteiger partial charge in [0.1, 0.15) is 0 Å². The number of hydrogen-bond acceptors (Lipinski definition) is 4. The summed E-state index contributed by atoms with van der Waals surface area (Å²) in [6, 6.07) is 26.9. The van der Waals surface area contributed by atoms with E-state index in [2.05, 4.69) is 81.5 Å². The number of benzene rings is 3. The third-order valence-electron chi connectivity index (χ3n) is 8.67. The molecule has 41 heavy (non-hydrogen) atoms. The predicted molar refractivity (Wildman–Crippen MR) is 166 cm³/mol. The van der Waals surface area contributed by atoms with Crippen LogP contribution in [0.1, 0.15) is 59.2 Å². The number of anilines is 1. The van der Waals surface area contributed by atoms with Crippen LogP contribution >= 0.6 is 0 Å². The summed E-state index contributed by atoms with van der Waals surface area (Å²) >= 11 is 0. The van der Waals surface area contributed by atoms with Crippen LogP contribution in [0.4, 0.5) is 10.5 Å². The minimum absolute atomic E-state index is 0.172. The summed E-state index contributed by atoms with van der Waals surface area (Å²) in [6.07, 6.45) is 8.06. The van der Waals surface area contributed by atoms with Crippen molar-refractivity contribution in [1.82, 2.24) is 15.5 Å². The first kappa shape index (κ1) is 29.0. The number of fused-ring (bicyclic) bond motifs is 1. The fourth-order valence-corrected chi connectivity index (χ4v) is 6.18. The molecule has 6 heteroatoms. The van der Waals surface area contributed by atoms with Gasteiger partial charge in [0, 0.05) is 30.8 Å². The molecule has 3 aromatic rings. The maximum atomic E-state index is 12.6. The summed E-state index contributed by atoms with van der Waals surface area (Å²) < 4.78 is 0. The minimum atomic E-state index is -0.192. The average molecular weight is 553 g/mol. The first-order valence-electron chi connectivity index (χ1n) is 15.3. The Labute approximate surface area is 244 Å². The van der Waals surface area contributed by atoms with Gasteiger partial charge in [0.25, 0.3) is 0 Å². The molecule has 6 rings (SSSR count). The van der Waals surface area contributed by atoms with E-state index in [0.29, 0.717) is 13.0 Å². The Balaban J connectivity index is 0.000000216. The number of nitrogens with zero attached hydrogens (tertiary/aromatic N) is 1. The summed E-state index contributed by atoms with van der Waals surface area (Å²) in [5.74, 6) is 1.83. The number of amides is 2. The number of likely N-dealkylation sites (tertiary alicyclic amines) is 1. The van der Waals surface area contributed by atoms with Gasteiger partial charge in [0.05, 0.1) is 0 Å². The zero-order valence-electron chi connectivity index (χ0n) is 24.1. The molecule has 0 aliphatic carbocycles. The maximum Gasteiger partial charge on any atom is 0.319 e. The molecule has 3 heterocycles. The standard InChI is InChI=1S/C23H27N3O2.C12H17N/c27-22(19-6-7-21-20(15-19)16-24-23(28)25-21)10-13-26-11-8-18(9-12-26)14-17-4-2-1-3-5-17;1-2-4-11(5-3-1)10-12-6-8-13-9-7-12/h1-7,15,18H,8-14,16H2,(H2,24,25,28);1-5,12-13H,6-10H2. The highest BCUT2D eigenvalue weighted by Crippen LogP contribution is 2.24. The molecule has 0 radical (unpaired) electrons. The highest BCUT2D eigenvalue weighted by molar-refractivity contribution is 5.98. The SMILES string of the molecule is O=C1NCc2cc(C(=O)CCN3CCC(Cc4ccccc4)CC3)ccc2N1.c1ccc(CC2CCNCC2)cc1. The van der Waals surface area contributed by atoms with E-state index in [0.717, 1.165) is 54.7 Å². The fraction of sp³-hybridized carbons (Fsp3) is 0.429. The number of Topliss-reactive ketones (excluding diaryl/α,β-unsaturated/α-hetero) is 1. The van der Waals surface area contributed by atoms with Crippen LogP contribution in [0.2, 0.25) is 0 Å². The summed E-state index contributed by atoms with van der Waals surface area (Å²) in [6.45, 7) is 5.85. The lowest BCUT2D eigenvalue weighted by Crippen LogP contribution is -2.35. The molecular weight excluding hydrogens is 508 g/mol. The molecule has 2 amide bonds. The quantitative estimate of drug-likeness (QED) is 0.296. The number of nitrogens with one attached hydrogen (secondary N) is 3. The Morgan fingerprint density at radius 1 is 0.780 bits per heavy atom. The molecule has 0 unspecified atom stereocenters. The molecule has 3 aliphatic rings. The van der Waals surface area contributed by atoms with Crippen LogP contribution in [0.25, 0.3) is 0 Å². The number of ketones is 1. The fourth-order valence-electron chi connectivity index (χ4n) is 6.18. The molecule has 0 saturated carbocycles. The molecule has 3 N–H and O–H groups in total. The summed E-state index contributed by atoms with van der Waals surface area (Å²) in [5.41, 5.74) is 5.41. The number of carbonyl (C=O) groups is 2. The van der Waals surface area contributed by atoms with E-state index in [9.17, 15) is 9.59 Å². The van der Waals surface area contributed by atoms with Crippen molar-refractivity contribution in [3.63, 3.8) is 0 Å². The van der Waals surface area contributed by atoms with Crippen molar-refractivity contribution in [2.75, 3.05) is 38.0 Å². The van der Waals surface area contributed by atoms with Crippen LogP contribution in [0.3, 0.4) is 0 Å². The maximum absolute atomic E-state index is 12.6. The van der Waals surface area contributed by atoms with E-state index in [1.807, 2.05) is 18.2 Å². The molecule has 6 nitrogen and oxygen atoms in total. The van der Waals surface area contributed by atoms with Crippen LogP contribution in [0.15, 0.2) is 78.9 Å². The molecule has 2 saturated heterocycles. The van der Waals surface area contributed by atoms with Crippen molar-refractivity contribution >= 4 is 17.5 Å². The van der Waals surface area contributed by atoms with E-state index in [1.54, 1.807) is 0 Å². The van der Waals surface area contributed by atoms with E-state index in [1.165, 1.54) is 56.3 Å². The van der Waals surface area contributed by atoms with Crippen molar-refractivity contribution in [3.05, 3.63) is 101 Å². The summed E-state index contributed by atoms with van der Waals surface area (Å²) in [4.78, 5) is 26.4. The lowest BCUT2D eigenvalue weighted by molar-refractivity contribution is 0.0951. The molecule has 216 valence electrons. The van der Waals surface area contributed by atoms with Crippen LogP contribution in [-0.4, -0.2) is 49.4 Å².